The van der Waals surface area contributed by atoms with Crippen molar-refractivity contribution >= 4 is 23.3 Å². The first-order valence-corrected chi connectivity index (χ1v) is 9.79. The van der Waals surface area contributed by atoms with Gasteiger partial charge in [-0.15, -0.1) is 11.3 Å². The lowest BCUT2D eigenvalue weighted by Gasteiger charge is -2.33. The summed E-state index contributed by atoms with van der Waals surface area (Å²) in [6.07, 6.45) is 3.41. The summed E-state index contributed by atoms with van der Waals surface area (Å²) in [5.41, 5.74) is 1.97. The van der Waals surface area contributed by atoms with E-state index in [1.54, 1.807) is 37.7 Å². The van der Waals surface area contributed by atoms with Crippen molar-refractivity contribution in [2.24, 2.45) is 0 Å². The zero-order chi connectivity index (χ0) is 19.2. The highest BCUT2D eigenvalue weighted by atomic mass is 32.1. The molecular weight excluding hydrogens is 362 g/mol. The summed E-state index contributed by atoms with van der Waals surface area (Å²) in [4.78, 5) is 21.2. The highest BCUT2D eigenvalue weighted by Crippen LogP contribution is 2.25. The molecule has 0 spiro atoms. The summed E-state index contributed by atoms with van der Waals surface area (Å²) in [5.74, 6) is 1.43. The van der Waals surface area contributed by atoms with E-state index in [0.717, 1.165) is 54.7 Å². The number of aromatic nitrogens is 1. The summed E-state index contributed by atoms with van der Waals surface area (Å²) < 4.78 is 10.6. The number of thiazole rings is 1. The summed E-state index contributed by atoms with van der Waals surface area (Å²) in [6.45, 7) is 6.06. The Morgan fingerprint density at radius 3 is 2.63 bits per heavy atom. The van der Waals surface area contributed by atoms with Gasteiger partial charge in [0.15, 0.2) is 0 Å². The van der Waals surface area contributed by atoms with Gasteiger partial charge in [0.05, 0.1) is 24.9 Å². The van der Waals surface area contributed by atoms with Gasteiger partial charge >= 0.3 is 0 Å². The lowest BCUT2D eigenvalue weighted by Crippen LogP contribution is -2.47. The van der Waals surface area contributed by atoms with E-state index >= 15 is 0 Å². The Labute approximate surface area is 164 Å². The monoisotopic (exact) mass is 387 g/mol. The maximum atomic E-state index is 12.5. The van der Waals surface area contributed by atoms with Crippen LogP contribution in [0.2, 0.25) is 0 Å². The molecular formula is C20H25N3O3S. The number of methoxy groups -OCH3 is 2. The molecule has 0 bridgehead atoms. The zero-order valence-electron chi connectivity index (χ0n) is 16.0. The molecule has 1 fully saturated rings. The topological polar surface area (TPSA) is 54.9 Å². The van der Waals surface area contributed by atoms with Crippen molar-refractivity contribution in [1.29, 1.82) is 0 Å². The van der Waals surface area contributed by atoms with E-state index in [1.807, 2.05) is 30.0 Å². The normalized spacial score (nSPS) is 15.3. The lowest BCUT2D eigenvalue weighted by atomic mass is 10.1. The van der Waals surface area contributed by atoms with Crippen molar-refractivity contribution in [3.8, 4) is 11.5 Å². The predicted octanol–water partition coefficient (Wildman–Crippen LogP) is 2.83. The first kappa shape index (κ1) is 19.4. The average molecular weight is 388 g/mol. The maximum Gasteiger partial charge on any atom is 0.246 e. The molecule has 6 nitrogen and oxygen atoms in total. The van der Waals surface area contributed by atoms with Gasteiger partial charge in [0.25, 0.3) is 0 Å². The molecule has 7 heteroatoms. The number of ether oxygens (including phenoxy) is 2. The SMILES string of the molecule is COc1ccc(C=CC(=O)N2CCN(Cc3csc(C)n3)CC2)c(OC)c1. The summed E-state index contributed by atoms with van der Waals surface area (Å²) >= 11 is 1.68. The molecule has 1 amide bonds. The highest BCUT2D eigenvalue weighted by Gasteiger charge is 2.20. The minimum absolute atomic E-state index is 0.0250. The zero-order valence-corrected chi connectivity index (χ0v) is 16.8. The quantitative estimate of drug-likeness (QED) is 0.714. The van der Waals surface area contributed by atoms with Crippen LogP contribution >= 0.6 is 11.3 Å². The molecule has 0 atom stereocenters. The fourth-order valence-corrected chi connectivity index (χ4v) is 3.66. The molecule has 144 valence electrons. The molecule has 2 heterocycles. The number of nitrogens with zero attached hydrogens (tertiary/aromatic N) is 3. The third kappa shape index (κ3) is 5.08. The molecule has 1 saturated heterocycles. The fourth-order valence-electron chi connectivity index (χ4n) is 3.06. The molecule has 3 rings (SSSR count). The van der Waals surface area contributed by atoms with Gasteiger partial charge < -0.3 is 14.4 Å². The van der Waals surface area contributed by atoms with Gasteiger partial charge in [0, 0.05) is 55.8 Å². The van der Waals surface area contributed by atoms with E-state index < -0.39 is 0 Å². The van der Waals surface area contributed by atoms with Crippen LogP contribution in [0.5, 0.6) is 11.5 Å². The Bertz CT molecular complexity index is 811. The van der Waals surface area contributed by atoms with Gasteiger partial charge in [-0.3, -0.25) is 9.69 Å². The highest BCUT2D eigenvalue weighted by molar-refractivity contribution is 7.09. The molecule has 1 aromatic carbocycles. The molecule has 0 unspecified atom stereocenters. The van der Waals surface area contributed by atoms with E-state index in [4.69, 9.17) is 9.47 Å². The molecule has 2 aromatic rings. The molecule has 1 aliphatic heterocycles. The summed E-state index contributed by atoms with van der Waals surface area (Å²) in [7, 11) is 3.22. The van der Waals surface area contributed by atoms with E-state index in [9.17, 15) is 4.79 Å². The smallest absolute Gasteiger partial charge is 0.246 e. The minimum Gasteiger partial charge on any atom is -0.497 e. The Morgan fingerprint density at radius 2 is 2.00 bits per heavy atom. The molecule has 0 saturated carbocycles. The number of piperazine rings is 1. The standard InChI is InChI=1S/C20H25N3O3S/c1-15-21-17(14-27-15)13-22-8-10-23(11-9-22)20(24)7-5-16-4-6-18(25-2)12-19(16)26-3/h4-7,12,14H,8-11,13H2,1-3H3. The number of hydrogen-bond donors (Lipinski definition) is 0. The van der Waals surface area contributed by atoms with Crippen LogP contribution in [0, 0.1) is 6.92 Å². The van der Waals surface area contributed by atoms with Crippen LogP contribution in [-0.2, 0) is 11.3 Å². The van der Waals surface area contributed by atoms with E-state index in [-0.39, 0.29) is 5.91 Å². The third-order valence-corrected chi connectivity index (χ3v) is 5.40. The van der Waals surface area contributed by atoms with Gasteiger partial charge in [0.2, 0.25) is 5.91 Å². The Morgan fingerprint density at radius 1 is 1.22 bits per heavy atom. The fraction of sp³-hybridized carbons (Fsp3) is 0.400. The Kier molecular flexibility index (Phi) is 6.47. The van der Waals surface area contributed by atoms with E-state index in [2.05, 4.69) is 15.3 Å². The van der Waals surface area contributed by atoms with Gasteiger partial charge in [0.1, 0.15) is 11.5 Å². The van der Waals surface area contributed by atoms with E-state index in [1.165, 1.54) is 0 Å². The van der Waals surface area contributed by atoms with Crippen LogP contribution in [0.15, 0.2) is 29.7 Å². The maximum absolute atomic E-state index is 12.5. The van der Waals surface area contributed by atoms with Crippen LogP contribution in [0.1, 0.15) is 16.3 Å². The van der Waals surface area contributed by atoms with Crippen LogP contribution in [0.4, 0.5) is 0 Å². The van der Waals surface area contributed by atoms with Crippen molar-refractivity contribution in [3.05, 3.63) is 45.9 Å². The minimum atomic E-state index is 0.0250. The number of amides is 1. The molecule has 0 aliphatic carbocycles. The van der Waals surface area contributed by atoms with Crippen LogP contribution in [-0.4, -0.2) is 61.1 Å². The van der Waals surface area contributed by atoms with Crippen molar-refractivity contribution in [2.75, 3.05) is 40.4 Å². The van der Waals surface area contributed by atoms with Crippen LogP contribution in [0.25, 0.3) is 6.08 Å². The third-order valence-electron chi connectivity index (χ3n) is 4.58. The number of carbonyl (C=O) groups is 1. The van der Waals surface area contributed by atoms with Gasteiger partial charge in [-0.25, -0.2) is 4.98 Å². The Balaban J connectivity index is 1.54. The second kappa shape index (κ2) is 9.01. The molecule has 1 aromatic heterocycles. The number of hydrogen-bond acceptors (Lipinski definition) is 6. The summed E-state index contributed by atoms with van der Waals surface area (Å²) in [5, 5.41) is 3.20. The number of benzene rings is 1. The van der Waals surface area contributed by atoms with Gasteiger partial charge in [-0.05, 0) is 25.1 Å². The molecule has 27 heavy (non-hydrogen) atoms. The first-order valence-electron chi connectivity index (χ1n) is 8.91. The van der Waals surface area contributed by atoms with Crippen molar-refractivity contribution in [2.45, 2.75) is 13.5 Å². The number of aryl methyl sites for hydroxylation is 1. The lowest BCUT2D eigenvalue weighted by molar-refractivity contribution is -0.127. The largest absolute Gasteiger partial charge is 0.497 e. The Hall–Kier alpha value is -2.38. The average Bonchev–Trinajstić information content (AvgIpc) is 3.11. The van der Waals surface area contributed by atoms with Crippen molar-refractivity contribution in [1.82, 2.24) is 14.8 Å². The molecule has 0 N–H and O–H groups in total. The van der Waals surface area contributed by atoms with Crippen LogP contribution < -0.4 is 9.47 Å². The van der Waals surface area contributed by atoms with Gasteiger partial charge in [-0.2, -0.15) is 0 Å². The number of rotatable bonds is 6. The first-order chi connectivity index (χ1) is 13.1. The van der Waals surface area contributed by atoms with Crippen LogP contribution in [0.3, 0.4) is 0 Å². The van der Waals surface area contributed by atoms with Crippen molar-refractivity contribution in [3.63, 3.8) is 0 Å². The molecule has 0 radical (unpaired) electrons. The number of carbonyl (C=O) groups excluding carboxylic acids is 1. The van der Waals surface area contributed by atoms with E-state index in [0.29, 0.717) is 5.75 Å². The second-order valence-corrected chi connectivity index (χ2v) is 7.46. The van der Waals surface area contributed by atoms with Gasteiger partial charge in [-0.1, -0.05) is 0 Å². The summed E-state index contributed by atoms with van der Waals surface area (Å²) in [6, 6.07) is 5.55. The van der Waals surface area contributed by atoms with Crippen molar-refractivity contribution < 1.29 is 14.3 Å². The predicted molar refractivity (Wildman–Crippen MR) is 107 cm³/mol. The molecule has 1 aliphatic rings. The second-order valence-electron chi connectivity index (χ2n) is 6.40.